The molecule has 3 nitrogen and oxygen atoms in total. The number of carbonyl (C=O) groups excluding carboxylic acids is 1. The molecule has 0 saturated heterocycles. The van der Waals surface area contributed by atoms with Crippen molar-refractivity contribution in [1.29, 1.82) is 0 Å². The van der Waals surface area contributed by atoms with Crippen molar-refractivity contribution < 1.29 is 9.53 Å². The second-order valence-electron chi connectivity index (χ2n) is 5.55. The minimum absolute atomic E-state index is 0.249. The van der Waals surface area contributed by atoms with E-state index in [4.69, 9.17) is 4.74 Å². The van der Waals surface area contributed by atoms with E-state index in [-0.39, 0.29) is 5.92 Å². The highest BCUT2D eigenvalue weighted by Gasteiger charge is 2.27. The number of hydrogen-bond donors (Lipinski definition) is 0. The molecule has 1 aromatic rings. The molecule has 3 heteroatoms. The van der Waals surface area contributed by atoms with Crippen LogP contribution in [0.4, 0.5) is 0 Å². The van der Waals surface area contributed by atoms with Crippen molar-refractivity contribution in [3.63, 3.8) is 0 Å². The highest BCUT2D eigenvalue weighted by atomic mass is 16.5. The van der Waals surface area contributed by atoms with Gasteiger partial charge in [0.2, 0.25) is 5.91 Å². The Bertz CT molecular complexity index is 452. The minimum atomic E-state index is 0.249. The normalized spacial score (nSPS) is 20.3. The Morgan fingerprint density at radius 2 is 1.95 bits per heavy atom. The highest BCUT2D eigenvalue weighted by Crippen LogP contribution is 2.28. The van der Waals surface area contributed by atoms with Gasteiger partial charge in [-0.2, -0.15) is 0 Å². The summed E-state index contributed by atoms with van der Waals surface area (Å²) < 4.78 is 5.72. The fourth-order valence-electron chi connectivity index (χ4n) is 3.12. The van der Waals surface area contributed by atoms with Gasteiger partial charge in [-0.3, -0.25) is 4.79 Å². The average molecular weight is 259 g/mol. The molecule has 1 amide bonds. The average Bonchev–Trinajstić information content (AvgIpc) is 2.69. The van der Waals surface area contributed by atoms with Crippen LogP contribution in [0.25, 0.3) is 0 Å². The van der Waals surface area contributed by atoms with Crippen molar-refractivity contribution in [3.05, 3.63) is 29.8 Å². The molecule has 0 atom stereocenters. The van der Waals surface area contributed by atoms with E-state index in [9.17, 15) is 4.79 Å². The summed E-state index contributed by atoms with van der Waals surface area (Å²) in [5, 5.41) is 0. The molecule has 1 aromatic carbocycles. The van der Waals surface area contributed by atoms with Crippen molar-refractivity contribution in [2.45, 2.75) is 38.6 Å². The predicted octanol–water partition coefficient (Wildman–Crippen LogP) is 2.99. The summed E-state index contributed by atoms with van der Waals surface area (Å²) in [4.78, 5) is 14.6. The second kappa shape index (κ2) is 5.64. The zero-order chi connectivity index (χ0) is 13.1. The molecule has 0 unspecified atom stereocenters. The monoisotopic (exact) mass is 259 g/mol. The summed E-state index contributed by atoms with van der Waals surface area (Å²) in [6, 6.07) is 8.04. The first-order valence-electron chi connectivity index (χ1n) is 7.34. The lowest BCUT2D eigenvalue weighted by molar-refractivity contribution is -0.137. The number of rotatable bonds is 1. The van der Waals surface area contributed by atoms with Gasteiger partial charge in [0.25, 0.3) is 0 Å². The number of amides is 1. The lowest BCUT2D eigenvalue weighted by Crippen LogP contribution is -2.37. The smallest absolute Gasteiger partial charge is 0.226 e. The van der Waals surface area contributed by atoms with E-state index in [0.29, 0.717) is 25.6 Å². The third-order valence-corrected chi connectivity index (χ3v) is 4.22. The molecule has 2 aliphatic rings. The van der Waals surface area contributed by atoms with Gasteiger partial charge in [0.1, 0.15) is 12.4 Å². The molecule has 0 aromatic heterocycles. The number of para-hydroxylation sites is 1. The van der Waals surface area contributed by atoms with Gasteiger partial charge in [-0.05, 0) is 18.9 Å². The third-order valence-electron chi connectivity index (χ3n) is 4.22. The van der Waals surface area contributed by atoms with Gasteiger partial charge >= 0.3 is 0 Å². The van der Waals surface area contributed by atoms with Gasteiger partial charge in [-0.1, -0.05) is 37.5 Å². The quantitative estimate of drug-likeness (QED) is 0.776. The molecule has 102 valence electrons. The Labute approximate surface area is 114 Å². The van der Waals surface area contributed by atoms with E-state index in [1.165, 1.54) is 19.3 Å². The molecule has 1 aliphatic heterocycles. The van der Waals surface area contributed by atoms with Gasteiger partial charge in [0.05, 0.1) is 6.54 Å². The van der Waals surface area contributed by atoms with Gasteiger partial charge in [0.15, 0.2) is 0 Å². The summed E-state index contributed by atoms with van der Waals surface area (Å²) in [5.41, 5.74) is 1.13. The maximum Gasteiger partial charge on any atom is 0.226 e. The number of benzene rings is 1. The topological polar surface area (TPSA) is 29.5 Å². The molecule has 1 fully saturated rings. The molecule has 1 heterocycles. The first-order valence-corrected chi connectivity index (χ1v) is 7.34. The van der Waals surface area contributed by atoms with Crippen molar-refractivity contribution in [2.24, 2.45) is 5.92 Å². The molecule has 1 aliphatic carbocycles. The number of hydrogen-bond acceptors (Lipinski definition) is 2. The van der Waals surface area contributed by atoms with Gasteiger partial charge in [-0.25, -0.2) is 0 Å². The Morgan fingerprint density at radius 1 is 1.16 bits per heavy atom. The summed E-state index contributed by atoms with van der Waals surface area (Å²) in [7, 11) is 0. The van der Waals surface area contributed by atoms with Crippen LogP contribution in [0.5, 0.6) is 5.75 Å². The maximum absolute atomic E-state index is 12.6. The first kappa shape index (κ1) is 12.5. The highest BCUT2D eigenvalue weighted by molar-refractivity contribution is 5.79. The fourth-order valence-corrected chi connectivity index (χ4v) is 3.12. The van der Waals surface area contributed by atoms with Crippen molar-refractivity contribution in [3.8, 4) is 5.75 Å². The van der Waals surface area contributed by atoms with Crippen LogP contribution in [0.2, 0.25) is 0 Å². The Morgan fingerprint density at radius 3 is 2.79 bits per heavy atom. The molecule has 1 saturated carbocycles. The van der Waals surface area contributed by atoms with Crippen LogP contribution in [-0.4, -0.2) is 24.0 Å². The Balaban J connectivity index is 1.73. The van der Waals surface area contributed by atoms with E-state index in [1.807, 2.05) is 23.1 Å². The van der Waals surface area contributed by atoms with Crippen LogP contribution in [0, 0.1) is 5.92 Å². The summed E-state index contributed by atoms with van der Waals surface area (Å²) in [6.45, 7) is 2.02. The van der Waals surface area contributed by atoms with Crippen molar-refractivity contribution in [2.75, 3.05) is 13.2 Å². The van der Waals surface area contributed by atoms with Crippen LogP contribution in [0.3, 0.4) is 0 Å². The van der Waals surface area contributed by atoms with Crippen LogP contribution >= 0.6 is 0 Å². The number of carbonyl (C=O) groups is 1. The van der Waals surface area contributed by atoms with Gasteiger partial charge in [-0.15, -0.1) is 0 Å². The number of ether oxygens (including phenoxy) is 1. The summed E-state index contributed by atoms with van der Waals surface area (Å²) in [5.74, 6) is 1.51. The molecule has 0 N–H and O–H groups in total. The lowest BCUT2D eigenvalue weighted by Gasteiger charge is -2.28. The molecule has 0 bridgehead atoms. The lowest BCUT2D eigenvalue weighted by atomic mass is 9.88. The van der Waals surface area contributed by atoms with Crippen molar-refractivity contribution >= 4 is 5.91 Å². The number of nitrogens with zero attached hydrogens (tertiary/aromatic N) is 1. The molecule has 3 rings (SSSR count). The van der Waals surface area contributed by atoms with E-state index in [1.54, 1.807) is 0 Å². The summed E-state index contributed by atoms with van der Waals surface area (Å²) >= 11 is 0. The maximum atomic E-state index is 12.6. The van der Waals surface area contributed by atoms with E-state index >= 15 is 0 Å². The summed E-state index contributed by atoms with van der Waals surface area (Å²) in [6.07, 6.45) is 5.83. The van der Waals surface area contributed by atoms with Gasteiger partial charge < -0.3 is 9.64 Å². The van der Waals surface area contributed by atoms with Crippen LogP contribution in [0.1, 0.15) is 37.7 Å². The second-order valence-corrected chi connectivity index (χ2v) is 5.55. The van der Waals surface area contributed by atoms with Crippen LogP contribution < -0.4 is 4.74 Å². The standard InChI is InChI=1S/C16H21NO2/c18-16(13-6-2-1-3-7-13)17-10-11-19-15-9-5-4-8-14(15)12-17/h4-5,8-9,13H,1-3,6-7,10-12H2. The SMILES string of the molecule is O=C(C1CCCCC1)N1CCOc2ccccc2C1. The Hall–Kier alpha value is -1.51. The van der Waals surface area contributed by atoms with Crippen LogP contribution in [-0.2, 0) is 11.3 Å². The van der Waals surface area contributed by atoms with E-state index < -0.39 is 0 Å². The number of fused-ring (bicyclic) bond motifs is 1. The minimum Gasteiger partial charge on any atom is -0.491 e. The molecule has 0 radical (unpaired) electrons. The molecular weight excluding hydrogens is 238 g/mol. The predicted molar refractivity (Wildman–Crippen MR) is 73.9 cm³/mol. The fraction of sp³-hybridized carbons (Fsp3) is 0.562. The van der Waals surface area contributed by atoms with E-state index in [2.05, 4.69) is 6.07 Å². The van der Waals surface area contributed by atoms with Crippen LogP contribution in [0.15, 0.2) is 24.3 Å². The largest absolute Gasteiger partial charge is 0.491 e. The van der Waals surface area contributed by atoms with Gasteiger partial charge in [0, 0.05) is 18.0 Å². The van der Waals surface area contributed by atoms with Crippen molar-refractivity contribution in [1.82, 2.24) is 4.90 Å². The third kappa shape index (κ3) is 2.75. The first-order chi connectivity index (χ1) is 9.34. The molecular formula is C16H21NO2. The zero-order valence-corrected chi connectivity index (χ0v) is 11.3. The molecule has 0 spiro atoms. The Kier molecular flexibility index (Phi) is 3.72. The zero-order valence-electron chi connectivity index (χ0n) is 11.3. The molecule has 19 heavy (non-hydrogen) atoms. The van der Waals surface area contributed by atoms with E-state index in [0.717, 1.165) is 24.2 Å².